The molecule has 1 aliphatic heterocycles. The van der Waals surface area contributed by atoms with Crippen LogP contribution in [0.2, 0.25) is 0 Å². The summed E-state index contributed by atoms with van der Waals surface area (Å²) in [5.41, 5.74) is 0.771. The van der Waals surface area contributed by atoms with Gasteiger partial charge in [-0.25, -0.2) is 4.39 Å². The third-order valence-electron chi connectivity index (χ3n) is 5.46. The second-order valence-corrected chi connectivity index (χ2v) is 7.03. The van der Waals surface area contributed by atoms with Crippen LogP contribution in [0.4, 0.5) is 4.39 Å². The topological polar surface area (TPSA) is 38.3 Å². The van der Waals surface area contributed by atoms with Crippen LogP contribution in [0.3, 0.4) is 0 Å². The summed E-state index contributed by atoms with van der Waals surface area (Å²) in [4.78, 5) is 12.3. The summed E-state index contributed by atoms with van der Waals surface area (Å²) < 4.78 is 19.1. The maximum absolute atomic E-state index is 13.6. The molecule has 1 saturated carbocycles. The zero-order valence-corrected chi connectivity index (χ0v) is 13.7. The number of hydrogen-bond donors (Lipinski definition) is 1. The Morgan fingerprint density at radius 3 is 2.70 bits per heavy atom. The van der Waals surface area contributed by atoms with E-state index < -0.39 is 0 Å². The number of benzene rings is 1. The molecule has 0 spiro atoms. The second kappa shape index (κ2) is 7.43. The molecule has 2 aliphatic rings. The number of halogens is 1. The first-order valence-electron chi connectivity index (χ1n) is 8.78. The normalized spacial score (nSPS) is 21.3. The van der Waals surface area contributed by atoms with E-state index in [1.165, 1.54) is 31.7 Å². The molecule has 3 rings (SSSR count). The standard InChI is InChI=1S/C19H26FNO2/c20-17-7-3-6-16(13-17)19(8-10-23-11-9-19)14-21-18(22)12-15-4-1-2-5-15/h3,6-7,13,15H,1-2,4-5,8-12,14H2,(H,21,22). The van der Waals surface area contributed by atoms with Gasteiger partial charge in [0.25, 0.3) is 0 Å². The highest BCUT2D eigenvalue weighted by Crippen LogP contribution is 2.35. The van der Waals surface area contributed by atoms with Gasteiger partial charge in [-0.1, -0.05) is 25.0 Å². The molecule has 2 fully saturated rings. The molecule has 1 aromatic rings. The largest absolute Gasteiger partial charge is 0.381 e. The van der Waals surface area contributed by atoms with Crippen LogP contribution in [-0.4, -0.2) is 25.7 Å². The molecule has 1 aliphatic carbocycles. The van der Waals surface area contributed by atoms with Crippen LogP contribution in [0.1, 0.15) is 50.5 Å². The fraction of sp³-hybridized carbons (Fsp3) is 0.632. The zero-order chi connectivity index (χ0) is 16.1. The Bertz CT molecular complexity index is 534. The lowest BCUT2D eigenvalue weighted by molar-refractivity contribution is -0.122. The monoisotopic (exact) mass is 319 g/mol. The van der Waals surface area contributed by atoms with Crippen LogP contribution in [-0.2, 0) is 14.9 Å². The summed E-state index contributed by atoms with van der Waals surface area (Å²) in [7, 11) is 0. The maximum atomic E-state index is 13.6. The smallest absolute Gasteiger partial charge is 0.220 e. The van der Waals surface area contributed by atoms with Gasteiger partial charge in [0.05, 0.1) is 0 Å². The third kappa shape index (κ3) is 4.11. The first kappa shape index (κ1) is 16.4. The first-order valence-corrected chi connectivity index (χ1v) is 8.78. The number of nitrogens with one attached hydrogen (secondary N) is 1. The Labute approximate surface area is 137 Å². The van der Waals surface area contributed by atoms with Crippen LogP contribution in [0.5, 0.6) is 0 Å². The van der Waals surface area contributed by atoms with Crippen molar-refractivity contribution in [1.82, 2.24) is 5.32 Å². The number of hydrogen-bond acceptors (Lipinski definition) is 2. The van der Waals surface area contributed by atoms with Gasteiger partial charge < -0.3 is 10.1 Å². The van der Waals surface area contributed by atoms with Crippen molar-refractivity contribution in [2.45, 2.75) is 50.4 Å². The van der Waals surface area contributed by atoms with E-state index in [2.05, 4.69) is 5.32 Å². The van der Waals surface area contributed by atoms with Crippen molar-refractivity contribution in [2.75, 3.05) is 19.8 Å². The molecule has 0 bridgehead atoms. The van der Waals surface area contributed by atoms with E-state index in [0.717, 1.165) is 18.4 Å². The molecule has 1 N–H and O–H groups in total. The minimum atomic E-state index is -0.217. The Morgan fingerprint density at radius 2 is 2.00 bits per heavy atom. The fourth-order valence-corrected chi connectivity index (χ4v) is 3.96. The Kier molecular flexibility index (Phi) is 5.31. The minimum absolute atomic E-state index is 0.138. The molecule has 23 heavy (non-hydrogen) atoms. The lowest BCUT2D eigenvalue weighted by Gasteiger charge is -2.38. The van der Waals surface area contributed by atoms with E-state index in [4.69, 9.17) is 4.74 Å². The number of rotatable bonds is 5. The van der Waals surface area contributed by atoms with Gasteiger partial charge in [0.15, 0.2) is 0 Å². The van der Waals surface area contributed by atoms with Gasteiger partial charge in [0.1, 0.15) is 5.82 Å². The number of carbonyl (C=O) groups is 1. The van der Waals surface area contributed by atoms with Crippen molar-refractivity contribution < 1.29 is 13.9 Å². The van der Waals surface area contributed by atoms with Crippen LogP contribution in [0.25, 0.3) is 0 Å². The number of amides is 1. The van der Waals surface area contributed by atoms with Crippen LogP contribution in [0, 0.1) is 11.7 Å². The maximum Gasteiger partial charge on any atom is 0.220 e. The quantitative estimate of drug-likeness (QED) is 0.901. The summed E-state index contributed by atoms with van der Waals surface area (Å²) in [5.74, 6) is 0.472. The van der Waals surface area contributed by atoms with Gasteiger partial charge >= 0.3 is 0 Å². The molecule has 4 heteroatoms. The predicted molar refractivity (Wildman–Crippen MR) is 87.7 cm³/mol. The average molecular weight is 319 g/mol. The third-order valence-corrected chi connectivity index (χ3v) is 5.46. The van der Waals surface area contributed by atoms with E-state index >= 15 is 0 Å². The molecule has 1 saturated heterocycles. The molecule has 1 heterocycles. The van der Waals surface area contributed by atoms with Crippen molar-refractivity contribution in [3.05, 3.63) is 35.6 Å². The van der Waals surface area contributed by atoms with E-state index in [-0.39, 0.29) is 17.1 Å². The van der Waals surface area contributed by atoms with E-state index in [1.807, 2.05) is 6.07 Å². The molecule has 1 aromatic carbocycles. The number of carbonyl (C=O) groups excluding carboxylic acids is 1. The van der Waals surface area contributed by atoms with Gasteiger partial charge in [-0.3, -0.25) is 4.79 Å². The van der Waals surface area contributed by atoms with Gasteiger partial charge in [0.2, 0.25) is 5.91 Å². The van der Waals surface area contributed by atoms with Gasteiger partial charge in [-0.15, -0.1) is 0 Å². The molecule has 1 amide bonds. The highest BCUT2D eigenvalue weighted by atomic mass is 19.1. The Balaban J connectivity index is 1.65. The second-order valence-electron chi connectivity index (χ2n) is 7.03. The summed E-state index contributed by atoms with van der Waals surface area (Å²) in [6.07, 6.45) is 7.13. The predicted octanol–water partition coefficient (Wildman–Crippen LogP) is 3.57. The van der Waals surface area contributed by atoms with Crippen molar-refractivity contribution in [1.29, 1.82) is 0 Å². The Hall–Kier alpha value is -1.42. The van der Waals surface area contributed by atoms with Crippen LogP contribution >= 0.6 is 0 Å². The summed E-state index contributed by atoms with van der Waals surface area (Å²) in [5, 5.41) is 3.12. The minimum Gasteiger partial charge on any atom is -0.381 e. The average Bonchev–Trinajstić information content (AvgIpc) is 3.07. The van der Waals surface area contributed by atoms with Gasteiger partial charge in [0, 0.05) is 31.6 Å². The first-order chi connectivity index (χ1) is 11.2. The lowest BCUT2D eigenvalue weighted by atomic mass is 9.74. The van der Waals surface area contributed by atoms with Crippen LogP contribution in [0.15, 0.2) is 24.3 Å². The van der Waals surface area contributed by atoms with E-state index in [0.29, 0.717) is 32.1 Å². The number of ether oxygens (including phenoxy) is 1. The van der Waals surface area contributed by atoms with Gasteiger partial charge in [-0.05, 0) is 49.3 Å². The van der Waals surface area contributed by atoms with Crippen molar-refractivity contribution in [3.8, 4) is 0 Å². The zero-order valence-electron chi connectivity index (χ0n) is 13.7. The molecule has 0 unspecified atom stereocenters. The molecule has 0 aromatic heterocycles. The van der Waals surface area contributed by atoms with E-state index in [9.17, 15) is 9.18 Å². The fourth-order valence-electron chi connectivity index (χ4n) is 3.96. The molecule has 126 valence electrons. The van der Waals surface area contributed by atoms with Crippen molar-refractivity contribution in [2.24, 2.45) is 5.92 Å². The van der Waals surface area contributed by atoms with Gasteiger partial charge in [-0.2, -0.15) is 0 Å². The van der Waals surface area contributed by atoms with Crippen molar-refractivity contribution >= 4 is 5.91 Å². The highest BCUT2D eigenvalue weighted by molar-refractivity contribution is 5.76. The summed E-state index contributed by atoms with van der Waals surface area (Å²) in [6.45, 7) is 1.90. The van der Waals surface area contributed by atoms with Crippen LogP contribution < -0.4 is 5.32 Å². The lowest BCUT2D eigenvalue weighted by Crippen LogP contribution is -2.44. The molecule has 0 atom stereocenters. The molecular formula is C19H26FNO2. The molecule has 0 radical (unpaired) electrons. The van der Waals surface area contributed by atoms with Crippen molar-refractivity contribution in [3.63, 3.8) is 0 Å². The highest BCUT2D eigenvalue weighted by Gasteiger charge is 2.35. The summed E-state index contributed by atoms with van der Waals surface area (Å²) in [6, 6.07) is 6.80. The summed E-state index contributed by atoms with van der Waals surface area (Å²) >= 11 is 0. The Morgan fingerprint density at radius 1 is 1.26 bits per heavy atom. The molecular weight excluding hydrogens is 293 g/mol. The molecule has 3 nitrogen and oxygen atoms in total. The van der Waals surface area contributed by atoms with E-state index in [1.54, 1.807) is 12.1 Å². The SMILES string of the molecule is O=C(CC1CCCC1)NCC1(c2cccc(F)c2)CCOCC1.